The summed E-state index contributed by atoms with van der Waals surface area (Å²) in [4.78, 5) is 34.0. The van der Waals surface area contributed by atoms with Gasteiger partial charge in [0.25, 0.3) is 0 Å². The first-order chi connectivity index (χ1) is 10.1. The highest BCUT2D eigenvalue weighted by Gasteiger charge is 2.25. The van der Waals surface area contributed by atoms with Crippen molar-refractivity contribution in [3.8, 4) is 0 Å². The van der Waals surface area contributed by atoms with E-state index in [1.807, 2.05) is 0 Å². The second-order valence-electron chi connectivity index (χ2n) is 4.53. The maximum atomic E-state index is 11.7. The molecular weight excluding hydrogens is 273 g/mol. The molecule has 0 bridgehead atoms. The molecule has 0 saturated heterocycles. The van der Waals surface area contributed by atoms with Crippen molar-refractivity contribution in [2.45, 2.75) is 6.42 Å². The fourth-order valence-electron chi connectivity index (χ4n) is 1.73. The standard InChI is InChI=1S/C14H18BNO5/c1-16(8-10-18)11-14(19)21-15(20-2)13-5-3-12(4-6-13)7-9-17/h3-6,9-10H,7-8,11H2,1-2H3. The first kappa shape index (κ1) is 17.1. The monoisotopic (exact) mass is 291 g/mol. The van der Waals surface area contributed by atoms with Gasteiger partial charge in [-0.3, -0.25) is 9.69 Å². The summed E-state index contributed by atoms with van der Waals surface area (Å²) in [6, 6.07) is 7.05. The topological polar surface area (TPSA) is 72.9 Å². The predicted octanol–water partition coefficient (Wildman–Crippen LogP) is -0.556. The molecule has 0 fully saturated rings. The van der Waals surface area contributed by atoms with Crippen LogP contribution in [0.2, 0.25) is 0 Å². The lowest BCUT2D eigenvalue weighted by atomic mass is 9.78. The molecule has 0 heterocycles. The number of hydrogen-bond donors (Lipinski definition) is 0. The summed E-state index contributed by atoms with van der Waals surface area (Å²) < 4.78 is 10.4. The van der Waals surface area contributed by atoms with Crippen LogP contribution in [0.4, 0.5) is 0 Å². The van der Waals surface area contributed by atoms with Crippen molar-refractivity contribution in [1.29, 1.82) is 0 Å². The Balaban J connectivity index is 2.63. The zero-order valence-corrected chi connectivity index (χ0v) is 12.2. The maximum absolute atomic E-state index is 11.7. The van der Waals surface area contributed by atoms with Crippen molar-refractivity contribution < 1.29 is 23.7 Å². The van der Waals surface area contributed by atoms with Crippen LogP contribution in [0.5, 0.6) is 0 Å². The first-order valence-electron chi connectivity index (χ1n) is 6.47. The molecule has 21 heavy (non-hydrogen) atoms. The van der Waals surface area contributed by atoms with Crippen LogP contribution in [0.3, 0.4) is 0 Å². The van der Waals surface area contributed by atoms with Gasteiger partial charge in [-0.1, -0.05) is 24.3 Å². The Labute approximate surface area is 124 Å². The summed E-state index contributed by atoms with van der Waals surface area (Å²) in [5.74, 6) is -0.483. The van der Waals surface area contributed by atoms with Gasteiger partial charge in [0.05, 0.1) is 13.1 Å². The summed E-state index contributed by atoms with van der Waals surface area (Å²) in [6.45, 7) is 0.162. The highest BCUT2D eigenvalue weighted by atomic mass is 16.6. The van der Waals surface area contributed by atoms with Crippen molar-refractivity contribution in [2.24, 2.45) is 0 Å². The minimum Gasteiger partial charge on any atom is -0.505 e. The lowest BCUT2D eigenvalue weighted by Gasteiger charge is -2.16. The summed E-state index contributed by atoms with van der Waals surface area (Å²) in [6.07, 6.45) is 1.88. The third-order valence-corrected chi connectivity index (χ3v) is 2.81. The van der Waals surface area contributed by atoms with E-state index in [0.717, 1.165) is 11.8 Å². The van der Waals surface area contributed by atoms with Crippen LogP contribution in [-0.2, 0) is 30.1 Å². The van der Waals surface area contributed by atoms with E-state index < -0.39 is 13.1 Å². The number of carbonyl (C=O) groups is 3. The molecule has 0 N–H and O–H groups in total. The number of aldehydes is 2. The minimum atomic E-state index is -0.813. The maximum Gasteiger partial charge on any atom is 0.564 e. The van der Waals surface area contributed by atoms with Crippen molar-refractivity contribution in [3.05, 3.63) is 29.8 Å². The van der Waals surface area contributed by atoms with Crippen LogP contribution >= 0.6 is 0 Å². The molecule has 1 aromatic carbocycles. The zero-order chi connectivity index (χ0) is 15.7. The molecule has 0 aliphatic rings. The van der Waals surface area contributed by atoms with E-state index in [2.05, 4.69) is 0 Å². The van der Waals surface area contributed by atoms with Crippen LogP contribution in [0.25, 0.3) is 0 Å². The summed E-state index contributed by atoms with van der Waals surface area (Å²) in [5.41, 5.74) is 1.55. The molecule has 0 aliphatic carbocycles. The fraction of sp³-hybridized carbons (Fsp3) is 0.357. The van der Waals surface area contributed by atoms with Crippen LogP contribution in [0.1, 0.15) is 5.56 Å². The van der Waals surface area contributed by atoms with Gasteiger partial charge in [0.15, 0.2) is 0 Å². The SMILES string of the molecule is COB(OC(=O)CN(C)CC=O)c1ccc(CC=O)cc1. The highest BCUT2D eigenvalue weighted by molar-refractivity contribution is 6.62. The molecule has 1 rings (SSSR count). The summed E-state index contributed by atoms with van der Waals surface area (Å²) >= 11 is 0. The molecule has 0 radical (unpaired) electrons. The zero-order valence-electron chi connectivity index (χ0n) is 12.2. The lowest BCUT2D eigenvalue weighted by molar-refractivity contribution is -0.136. The molecule has 0 saturated carbocycles. The molecule has 0 amide bonds. The van der Waals surface area contributed by atoms with Gasteiger partial charge in [0, 0.05) is 13.5 Å². The number of carbonyl (C=O) groups excluding carboxylic acids is 3. The van der Waals surface area contributed by atoms with Crippen LogP contribution in [0.15, 0.2) is 24.3 Å². The van der Waals surface area contributed by atoms with Gasteiger partial charge in [-0.2, -0.15) is 0 Å². The molecule has 1 aromatic rings. The van der Waals surface area contributed by atoms with Crippen molar-refractivity contribution >= 4 is 31.1 Å². The third-order valence-electron chi connectivity index (χ3n) is 2.81. The van der Waals surface area contributed by atoms with E-state index in [0.29, 0.717) is 18.2 Å². The van der Waals surface area contributed by atoms with Gasteiger partial charge in [-0.25, -0.2) is 0 Å². The molecule has 112 valence electrons. The molecule has 6 nitrogen and oxygen atoms in total. The minimum absolute atomic E-state index is 0.00181. The normalized spacial score (nSPS) is 10.2. The first-order valence-corrected chi connectivity index (χ1v) is 6.47. The second-order valence-corrected chi connectivity index (χ2v) is 4.53. The molecule has 0 unspecified atom stereocenters. The lowest BCUT2D eigenvalue weighted by Crippen LogP contribution is -2.40. The number of likely N-dealkylation sites (N-methyl/N-ethyl adjacent to an activating group) is 1. The molecule has 0 atom stereocenters. The Kier molecular flexibility index (Phi) is 7.35. The molecule has 7 heteroatoms. The smallest absolute Gasteiger partial charge is 0.505 e. The highest BCUT2D eigenvalue weighted by Crippen LogP contribution is 2.00. The Morgan fingerprint density at radius 3 is 2.43 bits per heavy atom. The Hall–Kier alpha value is -1.99. The van der Waals surface area contributed by atoms with E-state index in [1.54, 1.807) is 31.3 Å². The van der Waals surface area contributed by atoms with Gasteiger partial charge in [-0.05, 0) is 18.1 Å². The fourth-order valence-corrected chi connectivity index (χ4v) is 1.73. The number of nitrogens with zero attached hydrogens (tertiary/aromatic N) is 1. The molecule has 0 aliphatic heterocycles. The molecule has 0 spiro atoms. The van der Waals surface area contributed by atoms with Gasteiger partial charge in [0.1, 0.15) is 12.6 Å². The number of hydrogen-bond acceptors (Lipinski definition) is 6. The summed E-state index contributed by atoms with van der Waals surface area (Å²) in [5, 5.41) is 0. The largest absolute Gasteiger partial charge is 0.564 e. The molecule has 0 aromatic heterocycles. The average molecular weight is 291 g/mol. The van der Waals surface area contributed by atoms with Gasteiger partial charge in [0.2, 0.25) is 0 Å². The van der Waals surface area contributed by atoms with Crippen molar-refractivity contribution in [2.75, 3.05) is 27.2 Å². The Bertz CT molecular complexity index is 477. The van der Waals surface area contributed by atoms with E-state index in [9.17, 15) is 14.4 Å². The van der Waals surface area contributed by atoms with Crippen LogP contribution < -0.4 is 5.46 Å². The van der Waals surface area contributed by atoms with Gasteiger partial charge in [-0.15, -0.1) is 0 Å². The van der Waals surface area contributed by atoms with Gasteiger partial charge >= 0.3 is 13.1 Å². The van der Waals surface area contributed by atoms with E-state index >= 15 is 0 Å². The van der Waals surface area contributed by atoms with Crippen molar-refractivity contribution in [3.63, 3.8) is 0 Å². The van der Waals surface area contributed by atoms with Crippen LogP contribution in [0, 0.1) is 0 Å². The quantitative estimate of drug-likeness (QED) is 0.449. The second kappa shape index (κ2) is 9.04. The third kappa shape index (κ3) is 5.89. The van der Waals surface area contributed by atoms with Crippen molar-refractivity contribution in [1.82, 2.24) is 4.90 Å². The summed E-state index contributed by atoms with van der Waals surface area (Å²) in [7, 11) is 2.27. The predicted molar refractivity (Wildman–Crippen MR) is 78.3 cm³/mol. The molecular formula is C14H18BNO5. The van der Waals surface area contributed by atoms with E-state index in [-0.39, 0.29) is 13.1 Å². The van der Waals surface area contributed by atoms with E-state index in [1.165, 1.54) is 12.0 Å². The van der Waals surface area contributed by atoms with E-state index in [4.69, 9.17) is 9.31 Å². The number of benzene rings is 1. The van der Waals surface area contributed by atoms with Gasteiger partial charge < -0.3 is 18.9 Å². The average Bonchev–Trinajstić information content (AvgIpc) is 2.46. The number of rotatable bonds is 9. The Morgan fingerprint density at radius 2 is 1.90 bits per heavy atom. The Morgan fingerprint density at radius 1 is 1.24 bits per heavy atom. The van der Waals surface area contributed by atoms with Crippen LogP contribution in [-0.4, -0.2) is 57.8 Å².